The number of piperazine rings is 1. The van der Waals surface area contributed by atoms with Crippen LogP contribution in [0.1, 0.15) is 12.5 Å². The number of ether oxygens (including phenoxy) is 1. The van der Waals surface area contributed by atoms with Crippen molar-refractivity contribution in [3.63, 3.8) is 0 Å². The average molecular weight is 423 g/mol. The number of para-hydroxylation sites is 1. The molecule has 1 fully saturated rings. The predicted molar refractivity (Wildman–Crippen MR) is 115 cm³/mol. The Balaban J connectivity index is 1.62. The zero-order valence-electron chi connectivity index (χ0n) is 16.4. The SMILES string of the molecule is COc1cc(Cl)c(C)cc1NC(=O)[C@@H](C)[NH+]1CCN(c2ccccc2Cl)CC1. The fourth-order valence-corrected chi connectivity index (χ4v) is 3.94. The van der Waals surface area contributed by atoms with Gasteiger partial charge in [0.05, 0.1) is 49.7 Å². The molecular formula is C21H26Cl2N3O2+. The van der Waals surface area contributed by atoms with Gasteiger partial charge in [0.15, 0.2) is 6.04 Å². The van der Waals surface area contributed by atoms with E-state index in [1.54, 1.807) is 13.2 Å². The Morgan fingerprint density at radius 3 is 2.50 bits per heavy atom. The summed E-state index contributed by atoms with van der Waals surface area (Å²) in [6.07, 6.45) is 0. The van der Waals surface area contributed by atoms with Crippen LogP contribution in [-0.2, 0) is 4.79 Å². The minimum absolute atomic E-state index is 0.0267. The van der Waals surface area contributed by atoms with Crippen LogP contribution >= 0.6 is 23.2 Å². The summed E-state index contributed by atoms with van der Waals surface area (Å²) in [5.41, 5.74) is 2.60. The molecule has 0 unspecified atom stereocenters. The lowest BCUT2D eigenvalue weighted by atomic mass is 10.1. The number of carbonyl (C=O) groups excluding carboxylic acids is 1. The van der Waals surface area contributed by atoms with E-state index in [1.165, 1.54) is 4.90 Å². The van der Waals surface area contributed by atoms with Crippen molar-refractivity contribution < 1.29 is 14.4 Å². The number of nitrogens with zero attached hydrogens (tertiary/aromatic N) is 1. The van der Waals surface area contributed by atoms with Crippen molar-refractivity contribution in [3.8, 4) is 5.75 Å². The third kappa shape index (κ3) is 4.54. The standard InChI is InChI=1S/C21H25Cl2N3O2/c1-14-12-18(20(28-3)13-17(14)23)24-21(27)15(2)25-8-10-26(11-9-25)19-7-5-4-6-16(19)22/h4-7,12-13,15H,8-11H2,1-3H3,(H,24,27)/p+1/t15-/m1/s1. The fourth-order valence-electron chi connectivity index (χ4n) is 3.53. The van der Waals surface area contributed by atoms with Crippen LogP contribution in [0.15, 0.2) is 36.4 Å². The molecule has 2 N–H and O–H groups in total. The summed E-state index contributed by atoms with van der Waals surface area (Å²) in [5, 5.41) is 4.38. The van der Waals surface area contributed by atoms with Crippen molar-refractivity contribution in [2.24, 2.45) is 0 Å². The van der Waals surface area contributed by atoms with E-state index >= 15 is 0 Å². The van der Waals surface area contributed by atoms with E-state index in [0.29, 0.717) is 16.5 Å². The quantitative estimate of drug-likeness (QED) is 0.777. The molecule has 0 saturated carbocycles. The van der Waals surface area contributed by atoms with Crippen LogP contribution in [0, 0.1) is 6.92 Å². The summed E-state index contributed by atoms with van der Waals surface area (Å²) >= 11 is 12.5. The first-order valence-corrected chi connectivity index (χ1v) is 10.2. The maximum Gasteiger partial charge on any atom is 0.282 e. The minimum Gasteiger partial charge on any atom is -0.495 e. The summed E-state index contributed by atoms with van der Waals surface area (Å²) < 4.78 is 5.36. The summed E-state index contributed by atoms with van der Waals surface area (Å²) in [6, 6.07) is 11.3. The Morgan fingerprint density at radius 2 is 1.86 bits per heavy atom. The number of nitrogens with one attached hydrogen (secondary N) is 2. The third-order valence-corrected chi connectivity index (χ3v) is 6.07. The molecule has 0 aliphatic carbocycles. The summed E-state index contributed by atoms with van der Waals surface area (Å²) in [6.45, 7) is 7.33. The van der Waals surface area contributed by atoms with Crippen LogP contribution in [0.3, 0.4) is 0 Å². The van der Waals surface area contributed by atoms with Crippen molar-refractivity contribution in [1.82, 2.24) is 0 Å². The largest absolute Gasteiger partial charge is 0.495 e. The molecule has 2 aromatic carbocycles. The van der Waals surface area contributed by atoms with Crippen molar-refractivity contribution >= 4 is 40.5 Å². The maximum absolute atomic E-state index is 12.8. The number of benzene rings is 2. The highest BCUT2D eigenvalue weighted by molar-refractivity contribution is 6.33. The van der Waals surface area contributed by atoms with Gasteiger partial charge in [-0.15, -0.1) is 0 Å². The van der Waals surface area contributed by atoms with E-state index < -0.39 is 0 Å². The highest BCUT2D eigenvalue weighted by Crippen LogP contribution is 2.31. The Hall–Kier alpha value is -1.95. The Kier molecular flexibility index (Phi) is 6.70. The fraction of sp³-hybridized carbons (Fsp3) is 0.381. The minimum atomic E-state index is -0.172. The predicted octanol–water partition coefficient (Wildman–Crippen LogP) is 3.04. The van der Waals surface area contributed by atoms with Gasteiger partial charge in [0.1, 0.15) is 5.75 Å². The van der Waals surface area contributed by atoms with Crippen molar-refractivity contribution in [3.05, 3.63) is 52.0 Å². The van der Waals surface area contributed by atoms with E-state index in [0.717, 1.165) is 42.5 Å². The molecule has 0 bridgehead atoms. The molecule has 1 amide bonds. The Bertz CT molecular complexity index is 852. The van der Waals surface area contributed by atoms with Crippen LogP contribution in [0.25, 0.3) is 0 Å². The molecule has 1 atom stereocenters. The van der Waals surface area contributed by atoms with Gasteiger partial charge < -0.3 is 19.9 Å². The monoisotopic (exact) mass is 422 g/mol. The number of carbonyl (C=O) groups is 1. The molecule has 1 aliphatic heterocycles. The lowest BCUT2D eigenvalue weighted by Gasteiger charge is -2.36. The molecule has 2 aromatic rings. The highest BCUT2D eigenvalue weighted by atomic mass is 35.5. The van der Waals surface area contributed by atoms with Crippen LogP contribution in [0.4, 0.5) is 11.4 Å². The highest BCUT2D eigenvalue weighted by Gasteiger charge is 2.30. The molecule has 1 aliphatic rings. The summed E-state index contributed by atoms with van der Waals surface area (Å²) in [7, 11) is 1.57. The molecule has 7 heteroatoms. The van der Waals surface area contributed by atoms with E-state index in [4.69, 9.17) is 27.9 Å². The summed E-state index contributed by atoms with van der Waals surface area (Å²) in [4.78, 5) is 16.4. The van der Waals surface area contributed by atoms with Gasteiger partial charge in [-0.1, -0.05) is 35.3 Å². The molecule has 28 heavy (non-hydrogen) atoms. The van der Waals surface area contributed by atoms with Crippen LogP contribution in [0.5, 0.6) is 5.75 Å². The van der Waals surface area contributed by atoms with Crippen LogP contribution in [-0.4, -0.2) is 45.2 Å². The average Bonchev–Trinajstić information content (AvgIpc) is 2.70. The van der Waals surface area contributed by atoms with E-state index in [2.05, 4.69) is 10.2 Å². The lowest BCUT2D eigenvalue weighted by molar-refractivity contribution is -0.914. The Morgan fingerprint density at radius 1 is 1.18 bits per heavy atom. The first-order chi connectivity index (χ1) is 13.4. The molecule has 0 aromatic heterocycles. The first kappa shape index (κ1) is 20.8. The molecule has 150 valence electrons. The molecule has 0 spiro atoms. The van der Waals surface area contributed by atoms with Gasteiger partial charge in [0.2, 0.25) is 0 Å². The molecule has 0 radical (unpaired) electrons. The van der Waals surface area contributed by atoms with E-state index in [-0.39, 0.29) is 11.9 Å². The van der Waals surface area contributed by atoms with Crippen molar-refractivity contribution in [2.75, 3.05) is 43.5 Å². The maximum atomic E-state index is 12.8. The number of hydrogen-bond acceptors (Lipinski definition) is 3. The Labute approximate surface area is 176 Å². The number of halogens is 2. The van der Waals surface area contributed by atoms with Gasteiger partial charge in [-0.3, -0.25) is 4.79 Å². The van der Waals surface area contributed by atoms with E-state index in [1.807, 2.05) is 44.2 Å². The number of anilines is 2. The number of quaternary nitrogens is 1. The zero-order chi connectivity index (χ0) is 20.3. The molecular weight excluding hydrogens is 397 g/mol. The van der Waals surface area contributed by atoms with Gasteiger partial charge in [0, 0.05) is 11.1 Å². The van der Waals surface area contributed by atoms with Crippen molar-refractivity contribution in [1.29, 1.82) is 0 Å². The third-order valence-electron chi connectivity index (χ3n) is 5.34. The van der Waals surface area contributed by atoms with Gasteiger partial charge >= 0.3 is 0 Å². The number of amides is 1. The number of methoxy groups -OCH3 is 1. The first-order valence-electron chi connectivity index (χ1n) is 9.39. The number of hydrogen-bond donors (Lipinski definition) is 2. The molecule has 3 rings (SSSR count). The molecule has 5 nitrogen and oxygen atoms in total. The summed E-state index contributed by atoms with van der Waals surface area (Å²) in [5.74, 6) is 0.538. The van der Waals surface area contributed by atoms with Gasteiger partial charge in [-0.2, -0.15) is 0 Å². The van der Waals surface area contributed by atoms with Gasteiger partial charge in [-0.05, 0) is 37.6 Å². The lowest BCUT2D eigenvalue weighted by Crippen LogP contribution is -3.19. The number of aryl methyl sites for hydroxylation is 1. The van der Waals surface area contributed by atoms with Crippen molar-refractivity contribution in [2.45, 2.75) is 19.9 Å². The van der Waals surface area contributed by atoms with Crippen LogP contribution in [0.2, 0.25) is 10.0 Å². The molecule has 1 saturated heterocycles. The van der Waals surface area contributed by atoms with E-state index in [9.17, 15) is 4.79 Å². The van der Waals surface area contributed by atoms with Crippen LogP contribution < -0.4 is 19.9 Å². The van der Waals surface area contributed by atoms with Gasteiger partial charge in [-0.25, -0.2) is 0 Å². The van der Waals surface area contributed by atoms with Gasteiger partial charge in [0.25, 0.3) is 5.91 Å². The normalized spacial score (nSPS) is 16.0. The second kappa shape index (κ2) is 9.03. The molecule has 1 heterocycles. The zero-order valence-corrected chi connectivity index (χ0v) is 17.9. The second-order valence-electron chi connectivity index (χ2n) is 7.11. The topological polar surface area (TPSA) is 46.0 Å². The number of rotatable bonds is 5. The smallest absolute Gasteiger partial charge is 0.282 e. The second-order valence-corrected chi connectivity index (χ2v) is 7.92.